The van der Waals surface area contributed by atoms with Crippen LogP contribution >= 0.6 is 11.3 Å². The quantitative estimate of drug-likeness (QED) is 0.943. The van der Waals surface area contributed by atoms with E-state index in [4.69, 9.17) is 0 Å². The Morgan fingerprint density at radius 2 is 1.95 bits per heavy atom. The van der Waals surface area contributed by atoms with E-state index in [-0.39, 0.29) is 11.8 Å². The number of aromatic nitrogens is 4. The molecule has 2 fully saturated rings. The highest BCUT2D eigenvalue weighted by atomic mass is 32.1. The van der Waals surface area contributed by atoms with Gasteiger partial charge >= 0.3 is 5.97 Å². The van der Waals surface area contributed by atoms with Gasteiger partial charge in [-0.15, -0.1) is 10.2 Å². The Morgan fingerprint density at radius 1 is 1.14 bits per heavy atom. The zero-order valence-corrected chi connectivity index (χ0v) is 12.6. The predicted molar refractivity (Wildman–Crippen MR) is 77.6 cm³/mol. The van der Waals surface area contributed by atoms with Crippen molar-refractivity contribution in [2.45, 2.75) is 56.8 Å². The maximum absolute atomic E-state index is 11.5. The Balaban J connectivity index is 1.69. The molecule has 0 aliphatic heterocycles. The van der Waals surface area contributed by atoms with Crippen molar-refractivity contribution in [3.05, 3.63) is 10.8 Å². The molecular formula is C14H18N4O2S. The molecule has 1 N–H and O–H groups in total. The average Bonchev–Trinajstić information content (AvgIpc) is 2.99. The first-order valence-electron chi connectivity index (χ1n) is 7.69. The van der Waals surface area contributed by atoms with Crippen molar-refractivity contribution in [1.29, 1.82) is 0 Å². The fraction of sp³-hybridized carbons (Fsp3) is 0.714. The molecule has 0 amide bonds. The minimum Gasteiger partial charge on any atom is -0.481 e. The standard InChI is InChI=1S/C14H18N4O2S/c19-13(20)10-7-2-1-6-9(10)12-17-18-11(8-4-3-5-8)15-16-14(18)21-12/h8-10H,1-7H2,(H,19,20). The summed E-state index contributed by atoms with van der Waals surface area (Å²) in [6.45, 7) is 0. The van der Waals surface area contributed by atoms with E-state index in [1.807, 2.05) is 4.52 Å². The van der Waals surface area contributed by atoms with Crippen LogP contribution in [0.15, 0.2) is 0 Å². The second-order valence-electron chi connectivity index (χ2n) is 6.16. The van der Waals surface area contributed by atoms with Gasteiger partial charge in [0, 0.05) is 11.8 Å². The second-order valence-corrected chi connectivity index (χ2v) is 7.14. The molecule has 2 aliphatic carbocycles. The molecule has 0 bridgehead atoms. The SMILES string of the molecule is O=C(O)C1CCCCC1c1nn2c(C3CCC3)nnc2s1. The largest absolute Gasteiger partial charge is 0.481 e. The molecule has 2 unspecified atom stereocenters. The van der Waals surface area contributed by atoms with E-state index in [0.29, 0.717) is 5.92 Å². The topological polar surface area (TPSA) is 80.4 Å². The first-order valence-corrected chi connectivity index (χ1v) is 8.50. The van der Waals surface area contributed by atoms with Crippen molar-refractivity contribution in [2.24, 2.45) is 5.92 Å². The Morgan fingerprint density at radius 3 is 2.67 bits per heavy atom. The molecule has 0 radical (unpaired) electrons. The maximum Gasteiger partial charge on any atom is 0.307 e. The third kappa shape index (κ3) is 2.14. The molecule has 2 aromatic heterocycles. The summed E-state index contributed by atoms with van der Waals surface area (Å²) in [5.41, 5.74) is 0. The van der Waals surface area contributed by atoms with E-state index in [9.17, 15) is 9.90 Å². The van der Waals surface area contributed by atoms with Gasteiger partial charge in [-0.3, -0.25) is 4.79 Å². The van der Waals surface area contributed by atoms with Crippen molar-refractivity contribution in [3.8, 4) is 0 Å². The molecule has 2 saturated carbocycles. The molecule has 2 aliphatic rings. The summed E-state index contributed by atoms with van der Waals surface area (Å²) >= 11 is 1.51. The summed E-state index contributed by atoms with van der Waals surface area (Å²) in [5.74, 6) is 0.495. The van der Waals surface area contributed by atoms with Gasteiger partial charge < -0.3 is 5.11 Å². The van der Waals surface area contributed by atoms with Crippen molar-refractivity contribution in [1.82, 2.24) is 19.8 Å². The fourth-order valence-corrected chi connectivity index (χ4v) is 4.49. The van der Waals surface area contributed by atoms with Gasteiger partial charge in [-0.25, -0.2) is 0 Å². The highest BCUT2D eigenvalue weighted by molar-refractivity contribution is 7.16. The average molecular weight is 306 g/mol. The first-order chi connectivity index (χ1) is 10.2. The summed E-state index contributed by atoms with van der Waals surface area (Å²) in [5, 5.41) is 23.5. The summed E-state index contributed by atoms with van der Waals surface area (Å²) in [4.78, 5) is 12.3. The lowest BCUT2D eigenvalue weighted by molar-refractivity contribution is -0.143. The zero-order valence-electron chi connectivity index (χ0n) is 11.7. The van der Waals surface area contributed by atoms with E-state index in [0.717, 1.165) is 54.3 Å². The Bertz CT molecular complexity index is 676. The number of hydrogen-bond donors (Lipinski definition) is 1. The molecule has 112 valence electrons. The van der Waals surface area contributed by atoms with Crippen LogP contribution in [0.2, 0.25) is 0 Å². The van der Waals surface area contributed by atoms with Crippen LogP contribution in [-0.2, 0) is 4.79 Å². The van der Waals surface area contributed by atoms with Crippen LogP contribution in [0.4, 0.5) is 0 Å². The summed E-state index contributed by atoms with van der Waals surface area (Å²) in [6, 6.07) is 0. The van der Waals surface area contributed by atoms with E-state index in [2.05, 4.69) is 15.3 Å². The molecule has 21 heavy (non-hydrogen) atoms. The second kappa shape index (κ2) is 5.05. The first kappa shape index (κ1) is 13.2. The van der Waals surface area contributed by atoms with Crippen molar-refractivity contribution >= 4 is 22.3 Å². The van der Waals surface area contributed by atoms with Crippen LogP contribution in [0.25, 0.3) is 4.96 Å². The van der Waals surface area contributed by atoms with Crippen LogP contribution in [0.1, 0.15) is 67.6 Å². The highest BCUT2D eigenvalue weighted by Crippen LogP contribution is 2.41. The summed E-state index contributed by atoms with van der Waals surface area (Å²) < 4.78 is 1.86. The number of carboxylic acids is 1. The number of hydrogen-bond acceptors (Lipinski definition) is 5. The van der Waals surface area contributed by atoms with Crippen molar-refractivity contribution < 1.29 is 9.90 Å². The molecule has 2 heterocycles. The summed E-state index contributed by atoms with van der Waals surface area (Å²) in [7, 11) is 0. The Hall–Kier alpha value is -1.50. The van der Waals surface area contributed by atoms with Crippen LogP contribution in [0, 0.1) is 5.92 Å². The van der Waals surface area contributed by atoms with Crippen LogP contribution in [0.5, 0.6) is 0 Å². The third-order valence-corrected chi connectivity index (χ3v) is 5.93. The number of rotatable bonds is 3. The number of aliphatic carboxylic acids is 1. The Labute approximate surface area is 126 Å². The third-order valence-electron chi connectivity index (χ3n) is 4.90. The predicted octanol–water partition coefficient (Wildman–Crippen LogP) is 2.81. The number of fused-ring (bicyclic) bond motifs is 1. The Kier molecular flexibility index (Phi) is 3.17. The van der Waals surface area contributed by atoms with Crippen LogP contribution in [0.3, 0.4) is 0 Å². The van der Waals surface area contributed by atoms with Gasteiger partial charge in [-0.1, -0.05) is 30.6 Å². The molecule has 0 spiro atoms. The summed E-state index contributed by atoms with van der Waals surface area (Å²) in [6.07, 6.45) is 7.34. The number of nitrogens with zero attached hydrogens (tertiary/aromatic N) is 4. The maximum atomic E-state index is 11.5. The molecule has 2 aromatic rings. The van der Waals surface area contributed by atoms with E-state index in [1.165, 1.54) is 17.8 Å². The zero-order chi connectivity index (χ0) is 14.4. The van der Waals surface area contributed by atoms with Crippen molar-refractivity contribution in [2.75, 3.05) is 0 Å². The van der Waals surface area contributed by atoms with Gasteiger partial charge in [0.2, 0.25) is 4.96 Å². The van der Waals surface area contributed by atoms with Gasteiger partial charge in [-0.05, 0) is 25.7 Å². The van der Waals surface area contributed by atoms with Gasteiger partial charge in [0.15, 0.2) is 5.82 Å². The molecule has 0 saturated heterocycles. The fourth-order valence-electron chi connectivity index (χ4n) is 3.44. The van der Waals surface area contributed by atoms with Gasteiger partial charge in [-0.2, -0.15) is 9.61 Å². The minimum absolute atomic E-state index is 0.0391. The molecule has 4 rings (SSSR count). The van der Waals surface area contributed by atoms with E-state index < -0.39 is 5.97 Å². The van der Waals surface area contributed by atoms with Gasteiger partial charge in [0.05, 0.1) is 5.92 Å². The highest BCUT2D eigenvalue weighted by Gasteiger charge is 2.35. The smallest absolute Gasteiger partial charge is 0.307 e. The minimum atomic E-state index is -0.690. The lowest BCUT2D eigenvalue weighted by Gasteiger charge is -2.26. The molecule has 6 nitrogen and oxygen atoms in total. The molecule has 7 heteroatoms. The van der Waals surface area contributed by atoms with Crippen molar-refractivity contribution in [3.63, 3.8) is 0 Å². The van der Waals surface area contributed by atoms with E-state index >= 15 is 0 Å². The molecule has 0 aromatic carbocycles. The molecular weight excluding hydrogens is 288 g/mol. The van der Waals surface area contributed by atoms with Crippen LogP contribution in [-0.4, -0.2) is 30.9 Å². The van der Waals surface area contributed by atoms with E-state index in [1.54, 1.807) is 0 Å². The van der Waals surface area contributed by atoms with Crippen LogP contribution < -0.4 is 0 Å². The number of carbonyl (C=O) groups is 1. The number of carboxylic acid groups (broad SMARTS) is 1. The lowest BCUT2D eigenvalue weighted by Crippen LogP contribution is -2.25. The monoisotopic (exact) mass is 306 g/mol. The van der Waals surface area contributed by atoms with Gasteiger partial charge in [0.1, 0.15) is 5.01 Å². The normalized spacial score (nSPS) is 26.9. The molecule has 2 atom stereocenters. The lowest BCUT2D eigenvalue weighted by atomic mass is 9.80. The van der Waals surface area contributed by atoms with Gasteiger partial charge in [0.25, 0.3) is 0 Å².